The van der Waals surface area contributed by atoms with Crippen molar-refractivity contribution in [1.82, 2.24) is 0 Å². The molecular weight excluding hydrogens is 677 g/mol. The van der Waals surface area contributed by atoms with E-state index in [0.717, 1.165) is 16.6 Å². The van der Waals surface area contributed by atoms with Gasteiger partial charge in [-0.2, -0.15) is 0 Å². The molecule has 0 saturated carbocycles. The molecule has 7 aromatic carbocycles. The second-order valence-corrected chi connectivity index (χ2v) is 17.3. The molecule has 0 aliphatic heterocycles. The lowest BCUT2D eigenvalue weighted by molar-refractivity contribution is 0.669. The number of aryl methyl sites for hydroxylation is 4. The Labute approximate surface area is 334 Å². The largest absolute Gasteiger partial charge is 0.456 e. The van der Waals surface area contributed by atoms with Crippen LogP contribution < -0.4 is 0 Å². The lowest BCUT2D eigenvalue weighted by atomic mass is 9.73. The van der Waals surface area contributed by atoms with Gasteiger partial charge in [0.2, 0.25) is 0 Å². The van der Waals surface area contributed by atoms with Gasteiger partial charge in [0, 0.05) is 10.8 Å². The molecule has 8 rings (SSSR count). The van der Waals surface area contributed by atoms with E-state index in [0.29, 0.717) is 0 Å². The van der Waals surface area contributed by atoms with Crippen LogP contribution in [0.15, 0.2) is 46.9 Å². The monoisotopic (exact) mass is 734 g/mol. The van der Waals surface area contributed by atoms with E-state index in [1.54, 1.807) is 0 Å². The summed E-state index contributed by atoms with van der Waals surface area (Å²) in [6.07, 6.45) is 0. The highest BCUT2D eigenvalue weighted by Gasteiger charge is 2.29. The molecule has 0 N–H and O–H groups in total. The third-order valence-corrected chi connectivity index (χ3v) is 15.2. The molecule has 1 heteroatoms. The maximum absolute atomic E-state index is 6.37. The fourth-order valence-electron chi connectivity index (χ4n) is 10.5. The van der Waals surface area contributed by atoms with E-state index < -0.39 is 0 Å². The standard InChI is InChI=1S/C55H58O/c1-25-26(2)32(8)47(33(9)27(25)3)48-38(14)40(16)49(41(17)39(48)15)55-52-36(12)30(6)28(4)34(10)50(52)54(51-35(11)29(5)31(7)37(13)53(51)55)42-22-23-46-44(24-42)43-20-18-19-21-45(43)56-46/h18-24H,1-17H3. The van der Waals surface area contributed by atoms with Crippen LogP contribution in [0, 0.1) is 118 Å². The van der Waals surface area contributed by atoms with Crippen LogP contribution in [0.3, 0.4) is 0 Å². The van der Waals surface area contributed by atoms with Gasteiger partial charge in [0.15, 0.2) is 0 Å². The molecule has 56 heavy (non-hydrogen) atoms. The second kappa shape index (κ2) is 13.0. The predicted octanol–water partition coefficient (Wildman–Crippen LogP) is 16.1. The Morgan fingerprint density at radius 2 is 0.589 bits per heavy atom. The first kappa shape index (κ1) is 37.8. The SMILES string of the molecule is Cc1c(C)c(C)c(-c2c(C)c(C)c(-c3c4c(C)c(C)c(C)c(C)c4c(-c4ccc5oc6ccccc6c5c4)c4c(C)c(C)c(C)c(C)c34)c(C)c2C)c(C)c1C. The van der Waals surface area contributed by atoms with Crippen molar-refractivity contribution in [2.45, 2.75) is 118 Å². The fourth-order valence-corrected chi connectivity index (χ4v) is 10.5. The van der Waals surface area contributed by atoms with Crippen LogP contribution in [0.4, 0.5) is 0 Å². The van der Waals surface area contributed by atoms with Gasteiger partial charge >= 0.3 is 0 Å². The molecule has 0 spiro atoms. The van der Waals surface area contributed by atoms with Gasteiger partial charge in [-0.05, 0) is 285 Å². The quantitative estimate of drug-likeness (QED) is 0.165. The molecule has 0 saturated heterocycles. The van der Waals surface area contributed by atoms with Crippen molar-refractivity contribution in [2.75, 3.05) is 0 Å². The lowest BCUT2D eigenvalue weighted by Gasteiger charge is -2.30. The Morgan fingerprint density at radius 3 is 1.04 bits per heavy atom. The Kier molecular flexibility index (Phi) is 8.74. The van der Waals surface area contributed by atoms with Crippen molar-refractivity contribution in [3.8, 4) is 33.4 Å². The van der Waals surface area contributed by atoms with E-state index in [-0.39, 0.29) is 0 Å². The minimum atomic E-state index is 0.932. The number of benzene rings is 7. The van der Waals surface area contributed by atoms with Crippen LogP contribution in [-0.4, -0.2) is 0 Å². The summed E-state index contributed by atoms with van der Waals surface area (Å²) in [5.74, 6) is 0. The van der Waals surface area contributed by atoms with Gasteiger partial charge in [0.05, 0.1) is 0 Å². The summed E-state index contributed by atoms with van der Waals surface area (Å²) in [5, 5.41) is 7.87. The highest BCUT2D eigenvalue weighted by atomic mass is 16.3. The summed E-state index contributed by atoms with van der Waals surface area (Å²) < 4.78 is 6.37. The van der Waals surface area contributed by atoms with E-state index in [9.17, 15) is 0 Å². The van der Waals surface area contributed by atoms with Crippen molar-refractivity contribution in [3.05, 3.63) is 137 Å². The number of fused-ring (bicyclic) bond motifs is 5. The Bertz CT molecular complexity index is 2920. The summed E-state index contributed by atoms with van der Waals surface area (Å²) in [6.45, 7) is 39.9. The summed E-state index contributed by atoms with van der Waals surface area (Å²) in [6, 6.07) is 15.4. The summed E-state index contributed by atoms with van der Waals surface area (Å²) in [4.78, 5) is 0. The summed E-state index contributed by atoms with van der Waals surface area (Å²) in [5.41, 5.74) is 33.7. The van der Waals surface area contributed by atoms with Gasteiger partial charge in [0.1, 0.15) is 11.2 Å². The zero-order valence-corrected chi connectivity index (χ0v) is 36.9. The van der Waals surface area contributed by atoms with Crippen molar-refractivity contribution in [3.63, 3.8) is 0 Å². The van der Waals surface area contributed by atoms with E-state index in [4.69, 9.17) is 4.42 Å². The number of furan rings is 1. The van der Waals surface area contributed by atoms with Gasteiger partial charge in [0.25, 0.3) is 0 Å². The molecule has 1 nitrogen and oxygen atoms in total. The normalized spacial score (nSPS) is 12.0. The van der Waals surface area contributed by atoms with Crippen LogP contribution in [0.25, 0.3) is 76.9 Å². The lowest BCUT2D eigenvalue weighted by Crippen LogP contribution is -2.08. The van der Waals surface area contributed by atoms with Crippen LogP contribution in [0.5, 0.6) is 0 Å². The highest BCUT2D eigenvalue weighted by molar-refractivity contribution is 6.26. The number of rotatable bonds is 3. The van der Waals surface area contributed by atoms with Crippen LogP contribution in [-0.2, 0) is 0 Å². The van der Waals surface area contributed by atoms with E-state index in [2.05, 4.69) is 160 Å². The third kappa shape index (κ3) is 4.92. The van der Waals surface area contributed by atoms with Gasteiger partial charge in [-0.1, -0.05) is 24.3 Å². The molecule has 1 heterocycles. The van der Waals surface area contributed by atoms with Gasteiger partial charge < -0.3 is 4.42 Å². The Morgan fingerprint density at radius 1 is 0.268 bits per heavy atom. The molecule has 0 fully saturated rings. The minimum Gasteiger partial charge on any atom is -0.456 e. The smallest absolute Gasteiger partial charge is 0.135 e. The molecule has 0 unspecified atom stereocenters. The first-order chi connectivity index (χ1) is 26.4. The first-order valence-corrected chi connectivity index (χ1v) is 20.5. The minimum absolute atomic E-state index is 0.932. The number of hydrogen-bond donors (Lipinski definition) is 0. The second-order valence-electron chi connectivity index (χ2n) is 17.3. The topological polar surface area (TPSA) is 13.1 Å². The highest BCUT2D eigenvalue weighted by Crippen LogP contribution is 2.53. The summed E-state index contributed by atoms with van der Waals surface area (Å²) in [7, 11) is 0. The van der Waals surface area contributed by atoms with Crippen LogP contribution in [0.2, 0.25) is 0 Å². The molecule has 0 atom stereocenters. The molecule has 284 valence electrons. The summed E-state index contributed by atoms with van der Waals surface area (Å²) >= 11 is 0. The van der Waals surface area contributed by atoms with E-state index >= 15 is 0 Å². The van der Waals surface area contributed by atoms with Crippen molar-refractivity contribution < 1.29 is 4.42 Å². The van der Waals surface area contributed by atoms with E-state index in [1.807, 2.05) is 0 Å². The maximum atomic E-state index is 6.37. The fraction of sp³-hybridized carbons (Fsp3) is 0.309. The van der Waals surface area contributed by atoms with Crippen molar-refractivity contribution in [1.29, 1.82) is 0 Å². The van der Waals surface area contributed by atoms with Gasteiger partial charge in [-0.15, -0.1) is 0 Å². The Hall–Kier alpha value is -5.14. The van der Waals surface area contributed by atoms with Gasteiger partial charge in [-0.25, -0.2) is 0 Å². The van der Waals surface area contributed by atoms with E-state index in [1.165, 1.54) is 155 Å². The average molecular weight is 735 g/mol. The van der Waals surface area contributed by atoms with Crippen molar-refractivity contribution >= 4 is 43.5 Å². The average Bonchev–Trinajstić information content (AvgIpc) is 3.56. The molecule has 1 aromatic heterocycles. The van der Waals surface area contributed by atoms with Gasteiger partial charge in [-0.3, -0.25) is 0 Å². The zero-order valence-electron chi connectivity index (χ0n) is 36.9. The van der Waals surface area contributed by atoms with Crippen molar-refractivity contribution in [2.24, 2.45) is 0 Å². The molecule has 8 aromatic rings. The Balaban J connectivity index is 1.63. The maximum Gasteiger partial charge on any atom is 0.135 e. The van der Waals surface area contributed by atoms with Crippen LogP contribution in [0.1, 0.15) is 94.6 Å². The molecular formula is C55H58O. The third-order valence-electron chi connectivity index (χ3n) is 15.2. The molecule has 0 bridgehead atoms. The molecule has 0 radical (unpaired) electrons. The molecule has 0 amide bonds. The number of hydrogen-bond acceptors (Lipinski definition) is 1. The first-order valence-electron chi connectivity index (χ1n) is 20.5. The molecule has 0 aliphatic rings. The van der Waals surface area contributed by atoms with Crippen LogP contribution >= 0.6 is 0 Å². The molecule has 0 aliphatic carbocycles. The number of para-hydroxylation sites is 1. The predicted molar refractivity (Wildman–Crippen MR) is 246 cm³/mol. The zero-order chi connectivity index (χ0) is 40.6.